The summed E-state index contributed by atoms with van der Waals surface area (Å²) in [6.45, 7) is -0.415. The Morgan fingerprint density at radius 3 is 2.32 bits per heavy atom. The normalized spacial score (nSPS) is 11.4. The summed E-state index contributed by atoms with van der Waals surface area (Å²) in [5, 5.41) is 3.04. The highest BCUT2D eigenvalue weighted by Gasteiger charge is 2.26. The Morgan fingerprint density at radius 1 is 1.12 bits per heavy atom. The third kappa shape index (κ3) is 4.43. The second kappa shape index (κ2) is 8.05. The Labute approximate surface area is 156 Å². The van der Waals surface area contributed by atoms with Gasteiger partial charge in [-0.3, -0.25) is 4.79 Å². The highest BCUT2D eigenvalue weighted by molar-refractivity contribution is 7.89. The first-order valence-electron chi connectivity index (χ1n) is 7.10. The predicted octanol–water partition coefficient (Wildman–Crippen LogP) is 3.26. The van der Waals surface area contributed by atoms with E-state index in [1.807, 2.05) is 0 Å². The van der Waals surface area contributed by atoms with E-state index in [-0.39, 0.29) is 26.4 Å². The molecule has 1 amide bonds. The van der Waals surface area contributed by atoms with Crippen LogP contribution < -0.4 is 10.1 Å². The van der Waals surface area contributed by atoms with Gasteiger partial charge in [0.05, 0.1) is 29.4 Å². The number of halogens is 2. The molecule has 134 valence electrons. The number of nitrogens with one attached hydrogen (secondary N) is 1. The van der Waals surface area contributed by atoms with Gasteiger partial charge in [0.25, 0.3) is 0 Å². The van der Waals surface area contributed by atoms with Gasteiger partial charge in [0.15, 0.2) is 0 Å². The molecule has 2 aromatic carbocycles. The Kier molecular flexibility index (Phi) is 6.29. The van der Waals surface area contributed by atoms with Gasteiger partial charge < -0.3 is 10.1 Å². The van der Waals surface area contributed by atoms with Gasteiger partial charge in [-0.05, 0) is 24.3 Å². The molecule has 0 heterocycles. The molecule has 0 aromatic heterocycles. The Balaban J connectivity index is 2.18. The van der Waals surface area contributed by atoms with E-state index in [1.54, 1.807) is 30.3 Å². The molecule has 0 saturated heterocycles. The van der Waals surface area contributed by atoms with Crippen LogP contribution in [-0.2, 0) is 14.8 Å². The van der Waals surface area contributed by atoms with E-state index in [0.29, 0.717) is 0 Å². The fraction of sp³-hybridized carbons (Fsp3) is 0.188. The molecular formula is C16H16Cl2N2O4S. The standard InChI is InChI=1S/C16H16Cl2N2O4S/c1-20(25(22,23)14-9-4-3-8-13(14)24-2)10-15(21)19-16-11(17)6-5-7-12(16)18/h3-9H,10H2,1-2H3,(H,19,21). The first-order valence-corrected chi connectivity index (χ1v) is 9.30. The van der Waals surface area contributed by atoms with Crippen LogP contribution in [-0.4, -0.2) is 39.3 Å². The number of rotatable bonds is 6. The Bertz CT molecular complexity index is 867. The number of hydrogen-bond acceptors (Lipinski definition) is 4. The Hall–Kier alpha value is -1.80. The zero-order chi connectivity index (χ0) is 18.6. The van der Waals surface area contributed by atoms with E-state index in [1.165, 1.54) is 26.3 Å². The topological polar surface area (TPSA) is 75.7 Å². The summed E-state index contributed by atoms with van der Waals surface area (Å²) in [6.07, 6.45) is 0. The summed E-state index contributed by atoms with van der Waals surface area (Å²) < 4.78 is 31.3. The molecule has 0 aliphatic carbocycles. The number of methoxy groups -OCH3 is 1. The second-order valence-electron chi connectivity index (χ2n) is 5.06. The zero-order valence-electron chi connectivity index (χ0n) is 13.5. The number of nitrogens with zero attached hydrogens (tertiary/aromatic N) is 1. The molecule has 25 heavy (non-hydrogen) atoms. The van der Waals surface area contributed by atoms with Crippen molar-refractivity contribution in [2.75, 3.05) is 26.0 Å². The summed E-state index contributed by atoms with van der Waals surface area (Å²) in [7, 11) is -1.23. The molecular weight excluding hydrogens is 387 g/mol. The fourth-order valence-corrected chi connectivity index (χ4v) is 3.85. The van der Waals surface area contributed by atoms with E-state index in [2.05, 4.69) is 5.32 Å². The predicted molar refractivity (Wildman–Crippen MR) is 97.9 cm³/mol. The molecule has 0 bridgehead atoms. The SMILES string of the molecule is COc1ccccc1S(=O)(=O)N(C)CC(=O)Nc1c(Cl)cccc1Cl. The van der Waals surface area contributed by atoms with Crippen molar-refractivity contribution >= 4 is 44.8 Å². The van der Waals surface area contributed by atoms with Crippen LogP contribution in [0.4, 0.5) is 5.69 Å². The van der Waals surface area contributed by atoms with Gasteiger partial charge in [0.2, 0.25) is 15.9 Å². The van der Waals surface area contributed by atoms with E-state index in [9.17, 15) is 13.2 Å². The highest BCUT2D eigenvalue weighted by Crippen LogP contribution is 2.30. The van der Waals surface area contributed by atoms with Gasteiger partial charge in [-0.15, -0.1) is 0 Å². The minimum atomic E-state index is -3.91. The molecule has 0 aliphatic rings. The van der Waals surface area contributed by atoms with Gasteiger partial charge in [-0.25, -0.2) is 8.42 Å². The van der Waals surface area contributed by atoms with Crippen molar-refractivity contribution in [2.45, 2.75) is 4.90 Å². The van der Waals surface area contributed by atoms with Crippen molar-refractivity contribution in [2.24, 2.45) is 0 Å². The van der Waals surface area contributed by atoms with E-state index in [4.69, 9.17) is 27.9 Å². The minimum Gasteiger partial charge on any atom is -0.495 e. The van der Waals surface area contributed by atoms with Gasteiger partial charge in [-0.2, -0.15) is 4.31 Å². The molecule has 6 nitrogen and oxygen atoms in total. The monoisotopic (exact) mass is 402 g/mol. The number of anilines is 1. The van der Waals surface area contributed by atoms with Crippen molar-refractivity contribution in [1.29, 1.82) is 0 Å². The number of sulfonamides is 1. The lowest BCUT2D eigenvalue weighted by Gasteiger charge is -2.19. The average Bonchev–Trinajstić information content (AvgIpc) is 2.58. The number of likely N-dealkylation sites (N-methyl/N-ethyl adjacent to an activating group) is 1. The summed E-state index contributed by atoms with van der Waals surface area (Å²) in [4.78, 5) is 12.2. The van der Waals surface area contributed by atoms with Gasteiger partial charge in [0.1, 0.15) is 10.6 Å². The van der Waals surface area contributed by atoms with Crippen LogP contribution in [0, 0.1) is 0 Å². The average molecular weight is 403 g/mol. The van der Waals surface area contributed by atoms with Crippen LogP contribution in [0.2, 0.25) is 10.0 Å². The van der Waals surface area contributed by atoms with Crippen molar-refractivity contribution in [1.82, 2.24) is 4.31 Å². The zero-order valence-corrected chi connectivity index (χ0v) is 15.8. The number of ether oxygens (including phenoxy) is 1. The van der Waals surface area contributed by atoms with Crippen LogP contribution in [0.1, 0.15) is 0 Å². The van der Waals surface area contributed by atoms with E-state index < -0.39 is 22.5 Å². The lowest BCUT2D eigenvalue weighted by Crippen LogP contribution is -2.35. The molecule has 0 atom stereocenters. The fourth-order valence-electron chi connectivity index (χ4n) is 2.08. The second-order valence-corrected chi connectivity index (χ2v) is 7.88. The molecule has 0 radical (unpaired) electrons. The maximum atomic E-state index is 12.6. The third-order valence-corrected chi connectivity index (χ3v) is 5.82. The lowest BCUT2D eigenvalue weighted by atomic mass is 10.3. The molecule has 0 spiro atoms. The van der Waals surface area contributed by atoms with Crippen LogP contribution in [0.25, 0.3) is 0 Å². The van der Waals surface area contributed by atoms with E-state index in [0.717, 1.165) is 4.31 Å². The van der Waals surface area contributed by atoms with Crippen LogP contribution in [0.5, 0.6) is 5.75 Å². The number of benzene rings is 2. The van der Waals surface area contributed by atoms with Crippen molar-refractivity contribution in [3.05, 3.63) is 52.5 Å². The third-order valence-electron chi connectivity index (χ3n) is 3.35. The maximum absolute atomic E-state index is 12.6. The van der Waals surface area contributed by atoms with Crippen LogP contribution in [0.3, 0.4) is 0 Å². The van der Waals surface area contributed by atoms with Gasteiger partial charge >= 0.3 is 0 Å². The van der Waals surface area contributed by atoms with Crippen LogP contribution in [0.15, 0.2) is 47.4 Å². The van der Waals surface area contributed by atoms with E-state index >= 15 is 0 Å². The summed E-state index contributed by atoms with van der Waals surface area (Å²) >= 11 is 12.0. The summed E-state index contributed by atoms with van der Waals surface area (Å²) in [6, 6.07) is 10.9. The summed E-state index contributed by atoms with van der Waals surface area (Å²) in [5.41, 5.74) is 0.235. The van der Waals surface area contributed by atoms with Crippen molar-refractivity contribution < 1.29 is 17.9 Å². The van der Waals surface area contributed by atoms with Crippen molar-refractivity contribution in [3.8, 4) is 5.75 Å². The molecule has 9 heteroatoms. The largest absolute Gasteiger partial charge is 0.495 e. The molecule has 2 aromatic rings. The summed E-state index contributed by atoms with van der Waals surface area (Å²) in [5.74, 6) is -0.375. The number of amides is 1. The number of carbonyl (C=O) groups excluding carboxylic acids is 1. The quantitative estimate of drug-likeness (QED) is 0.804. The number of carbonyl (C=O) groups is 1. The molecule has 0 fully saturated rings. The van der Waals surface area contributed by atoms with Gasteiger partial charge in [-0.1, -0.05) is 41.4 Å². The number of para-hydroxylation sites is 2. The molecule has 0 saturated carbocycles. The van der Waals surface area contributed by atoms with Gasteiger partial charge in [0, 0.05) is 7.05 Å². The highest BCUT2D eigenvalue weighted by atomic mass is 35.5. The number of hydrogen-bond donors (Lipinski definition) is 1. The molecule has 0 unspecified atom stereocenters. The maximum Gasteiger partial charge on any atom is 0.246 e. The Morgan fingerprint density at radius 2 is 1.72 bits per heavy atom. The van der Waals surface area contributed by atoms with Crippen LogP contribution >= 0.6 is 23.2 Å². The minimum absolute atomic E-state index is 0.0245. The first kappa shape index (κ1) is 19.5. The molecule has 0 aliphatic heterocycles. The first-order chi connectivity index (χ1) is 11.8. The lowest BCUT2D eigenvalue weighted by molar-refractivity contribution is -0.116. The molecule has 2 rings (SSSR count). The van der Waals surface area contributed by atoms with Crippen molar-refractivity contribution in [3.63, 3.8) is 0 Å². The smallest absolute Gasteiger partial charge is 0.246 e. The molecule has 1 N–H and O–H groups in total.